The largest absolute Gasteiger partial charge is 0.273 e. The molecule has 1 aliphatic rings. The second kappa shape index (κ2) is 8.80. The van der Waals surface area contributed by atoms with Gasteiger partial charge in [-0.05, 0) is 48.9 Å². The highest BCUT2D eigenvalue weighted by Gasteiger charge is 2.31. The lowest BCUT2D eigenvalue weighted by molar-refractivity contribution is -0.384. The first-order valence-electron chi connectivity index (χ1n) is 8.92. The second-order valence-electron chi connectivity index (χ2n) is 6.84. The van der Waals surface area contributed by atoms with Gasteiger partial charge in [0.2, 0.25) is 5.91 Å². The number of halogens is 1. The zero-order chi connectivity index (χ0) is 20.1. The highest BCUT2D eigenvalue weighted by atomic mass is 35.5. The Bertz CT molecular complexity index is 921. The van der Waals surface area contributed by atoms with Crippen LogP contribution in [0, 0.1) is 16.0 Å². The summed E-state index contributed by atoms with van der Waals surface area (Å²) in [6.45, 7) is 2.03. The maximum Gasteiger partial charge on any atom is 0.269 e. The lowest BCUT2D eigenvalue weighted by Gasteiger charge is -2.29. The summed E-state index contributed by atoms with van der Waals surface area (Å²) in [6, 6.07) is 13.6. The molecule has 0 aromatic heterocycles. The smallest absolute Gasteiger partial charge is 0.269 e. The molecule has 2 unspecified atom stereocenters. The summed E-state index contributed by atoms with van der Waals surface area (Å²) in [7, 11) is 0. The van der Waals surface area contributed by atoms with E-state index >= 15 is 0 Å². The van der Waals surface area contributed by atoms with Gasteiger partial charge < -0.3 is 0 Å². The summed E-state index contributed by atoms with van der Waals surface area (Å²) in [4.78, 5) is 23.2. The number of benzene rings is 2. The quantitative estimate of drug-likeness (QED) is 0.339. The molecule has 2 aromatic rings. The minimum absolute atomic E-state index is 0.0420. The number of nitro groups is 1. The molecule has 2 atom stereocenters. The highest BCUT2D eigenvalue weighted by Crippen LogP contribution is 2.38. The van der Waals surface area contributed by atoms with Crippen molar-refractivity contribution in [3.05, 3.63) is 86.4 Å². The molecule has 1 aliphatic carbocycles. The topological polar surface area (TPSA) is 84.6 Å². The zero-order valence-electron chi connectivity index (χ0n) is 15.3. The summed E-state index contributed by atoms with van der Waals surface area (Å²) < 4.78 is 0. The Morgan fingerprint density at radius 2 is 1.89 bits per heavy atom. The average Bonchev–Trinajstić information content (AvgIpc) is 2.69. The number of amides is 1. The van der Waals surface area contributed by atoms with Crippen LogP contribution in [0.25, 0.3) is 0 Å². The van der Waals surface area contributed by atoms with E-state index in [2.05, 4.69) is 16.6 Å². The van der Waals surface area contributed by atoms with Crippen molar-refractivity contribution < 1.29 is 9.72 Å². The van der Waals surface area contributed by atoms with Crippen LogP contribution in [-0.4, -0.2) is 17.0 Å². The van der Waals surface area contributed by atoms with Crippen LogP contribution in [0.4, 0.5) is 5.69 Å². The molecule has 1 N–H and O–H groups in total. The Kier molecular flexibility index (Phi) is 6.21. The van der Waals surface area contributed by atoms with Crippen LogP contribution in [-0.2, 0) is 4.79 Å². The lowest BCUT2D eigenvalue weighted by atomic mass is 9.75. The minimum Gasteiger partial charge on any atom is -0.273 e. The van der Waals surface area contributed by atoms with Crippen LogP contribution in [0.3, 0.4) is 0 Å². The molecule has 0 fully saturated rings. The summed E-state index contributed by atoms with van der Waals surface area (Å²) in [5.74, 6) is -0.499. The zero-order valence-corrected chi connectivity index (χ0v) is 16.1. The van der Waals surface area contributed by atoms with E-state index in [1.807, 2.05) is 19.1 Å². The third-order valence-corrected chi connectivity index (χ3v) is 5.13. The Morgan fingerprint density at radius 1 is 1.21 bits per heavy atom. The van der Waals surface area contributed by atoms with Gasteiger partial charge >= 0.3 is 0 Å². The molecule has 1 amide bonds. The van der Waals surface area contributed by atoms with Gasteiger partial charge in [0, 0.05) is 17.2 Å². The van der Waals surface area contributed by atoms with Gasteiger partial charge in [0.15, 0.2) is 0 Å². The van der Waals surface area contributed by atoms with Crippen molar-refractivity contribution in [3.8, 4) is 0 Å². The standard InChI is InChI=1S/C21H20ClN3O3/c1-14-2-11-19(20(12-14)16-5-9-18(10-6-16)25(27)28)21(26)24-23-13-15-3-7-17(22)8-4-15/h2-10,13,19-20H,11-12H2,1H3,(H,24,26). The molecule has 0 radical (unpaired) electrons. The number of nitro benzene ring substituents is 1. The number of hydrogen-bond donors (Lipinski definition) is 1. The van der Waals surface area contributed by atoms with Gasteiger partial charge in [-0.3, -0.25) is 14.9 Å². The van der Waals surface area contributed by atoms with Gasteiger partial charge in [0.1, 0.15) is 0 Å². The average molecular weight is 398 g/mol. The molecule has 0 bridgehead atoms. The second-order valence-corrected chi connectivity index (χ2v) is 7.27. The van der Waals surface area contributed by atoms with E-state index in [-0.39, 0.29) is 23.4 Å². The molecule has 0 saturated carbocycles. The van der Waals surface area contributed by atoms with E-state index in [1.54, 1.807) is 30.5 Å². The number of rotatable bonds is 5. The van der Waals surface area contributed by atoms with Gasteiger partial charge in [-0.25, -0.2) is 5.43 Å². The Morgan fingerprint density at radius 3 is 2.54 bits per heavy atom. The van der Waals surface area contributed by atoms with E-state index < -0.39 is 4.92 Å². The SMILES string of the molecule is CC1=CCC(C(=O)NN=Cc2ccc(Cl)cc2)C(c2ccc([N+](=O)[O-])cc2)C1. The fourth-order valence-corrected chi connectivity index (χ4v) is 3.48. The highest BCUT2D eigenvalue weighted by molar-refractivity contribution is 6.30. The Hall–Kier alpha value is -2.99. The number of non-ortho nitro benzene ring substituents is 1. The van der Waals surface area contributed by atoms with Gasteiger partial charge in [-0.2, -0.15) is 5.10 Å². The summed E-state index contributed by atoms with van der Waals surface area (Å²) >= 11 is 5.85. The van der Waals surface area contributed by atoms with E-state index in [0.717, 1.165) is 17.5 Å². The number of hydrogen-bond acceptors (Lipinski definition) is 4. The Balaban J connectivity index is 1.72. The normalized spacial score (nSPS) is 19.3. The number of nitrogens with one attached hydrogen (secondary N) is 1. The van der Waals surface area contributed by atoms with Crippen molar-refractivity contribution in [3.63, 3.8) is 0 Å². The summed E-state index contributed by atoms with van der Waals surface area (Å²) in [6.07, 6.45) is 4.97. The minimum atomic E-state index is -0.425. The van der Waals surface area contributed by atoms with Crippen molar-refractivity contribution in [2.75, 3.05) is 0 Å². The fourth-order valence-electron chi connectivity index (χ4n) is 3.35. The van der Waals surface area contributed by atoms with E-state index in [9.17, 15) is 14.9 Å². The predicted octanol–water partition coefficient (Wildman–Crippen LogP) is 4.84. The maximum atomic E-state index is 12.7. The van der Waals surface area contributed by atoms with Crippen LogP contribution in [0.15, 0.2) is 65.3 Å². The third kappa shape index (κ3) is 4.84. The Labute approximate surface area is 168 Å². The van der Waals surface area contributed by atoms with Crippen LogP contribution in [0.5, 0.6) is 0 Å². The molecule has 2 aromatic carbocycles. The molecular weight excluding hydrogens is 378 g/mol. The third-order valence-electron chi connectivity index (χ3n) is 4.88. The first kappa shape index (κ1) is 19.8. The molecule has 0 heterocycles. The van der Waals surface area contributed by atoms with E-state index in [1.165, 1.54) is 17.7 Å². The molecule has 7 heteroatoms. The van der Waals surface area contributed by atoms with Gasteiger partial charge in [-0.15, -0.1) is 0 Å². The van der Waals surface area contributed by atoms with Crippen molar-refractivity contribution >= 4 is 29.4 Å². The number of carbonyl (C=O) groups is 1. The number of hydrazone groups is 1. The van der Waals surface area contributed by atoms with Crippen molar-refractivity contribution in [2.45, 2.75) is 25.7 Å². The number of allylic oxidation sites excluding steroid dienone is 2. The first-order valence-corrected chi connectivity index (χ1v) is 9.30. The van der Waals surface area contributed by atoms with Crippen molar-refractivity contribution in [1.29, 1.82) is 0 Å². The monoisotopic (exact) mass is 397 g/mol. The summed E-state index contributed by atoms with van der Waals surface area (Å²) in [5.41, 5.74) is 5.61. The van der Waals surface area contributed by atoms with Crippen LogP contribution < -0.4 is 5.43 Å². The van der Waals surface area contributed by atoms with E-state index in [4.69, 9.17) is 11.6 Å². The number of carbonyl (C=O) groups excluding carboxylic acids is 1. The van der Waals surface area contributed by atoms with Crippen LogP contribution in [0.2, 0.25) is 5.02 Å². The first-order chi connectivity index (χ1) is 13.4. The molecular formula is C21H20ClN3O3. The van der Waals surface area contributed by atoms with Gasteiger partial charge in [0.05, 0.1) is 17.1 Å². The van der Waals surface area contributed by atoms with Gasteiger partial charge in [-0.1, -0.05) is 47.5 Å². The molecule has 0 aliphatic heterocycles. The van der Waals surface area contributed by atoms with Gasteiger partial charge in [0.25, 0.3) is 5.69 Å². The fraction of sp³-hybridized carbons (Fsp3) is 0.238. The predicted molar refractivity (Wildman–Crippen MR) is 110 cm³/mol. The van der Waals surface area contributed by atoms with Crippen molar-refractivity contribution in [2.24, 2.45) is 11.0 Å². The molecule has 28 heavy (non-hydrogen) atoms. The molecule has 144 valence electrons. The molecule has 0 spiro atoms. The van der Waals surface area contributed by atoms with Crippen molar-refractivity contribution in [1.82, 2.24) is 5.43 Å². The summed E-state index contributed by atoms with van der Waals surface area (Å²) in [5, 5.41) is 15.6. The molecule has 6 nitrogen and oxygen atoms in total. The lowest BCUT2D eigenvalue weighted by Crippen LogP contribution is -2.33. The molecule has 0 saturated heterocycles. The number of nitrogens with zero attached hydrogens (tertiary/aromatic N) is 2. The van der Waals surface area contributed by atoms with Crippen LogP contribution in [0.1, 0.15) is 36.8 Å². The maximum absolute atomic E-state index is 12.7. The molecule has 3 rings (SSSR count). The van der Waals surface area contributed by atoms with Crippen LogP contribution >= 0.6 is 11.6 Å². The van der Waals surface area contributed by atoms with E-state index in [0.29, 0.717) is 11.4 Å².